The monoisotopic (exact) mass is 221 g/mol. The number of hydrogen-bond acceptors (Lipinski definition) is 1. The topological polar surface area (TPSA) is 12.0 Å². The van der Waals surface area contributed by atoms with Crippen LogP contribution in [0.1, 0.15) is 45.1 Å². The van der Waals surface area contributed by atoms with Crippen LogP contribution in [-0.2, 0) is 5.41 Å². The molecular weight excluding hydrogens is 201 g/mol. The second kappa shape index (κ2) is 4.44. The van der Waals surface area contributed by atoms with E-state index in [1.165, 1.54) is 24.5 Å². The zero-order chi connectivity index (χ0) is 11.6. The molecule has 0 bridgehead atoms. The standard InChI is InChI=1S/C14H20FN/c1-3-5-9-14(4-2)10-16-13-11(14)7-6-8-12(13)15/h6-8,16H,3-5,9-10H2,1-2H3. The highest BCUT2D eigenvalue weighted by molar-refractivity contribution is 5.61. The van der Waals surface area contributed by atoms with Gasteiger partial charge in [0.1, 0.15) is 5.82 Å². The van der Waals surface area contributed by atoms with Gasteiger partial charge in [-0.1, -0.05) is 38.8 Å². The average Bonchev–Trinajstić information content (AvgIpc) is 2.68. The summed E-state index contributed by atoms with van der Waals surface area (Å²) in [5, 5.41) is 3.24. The maximum atomic E-state index is 13.6. The third-order valence-electron chi connectivity index (χ3n) is 3.87. The lowest BCUT2D eigenvalue weighted by Gasteiger charge is -2.27. The van der Waals surface area contributed by atoms with Gasteiger partial charge < -0.3 is 5.32 Å². The summed E-state index contributed by atoms with van der Waals surface area (Å²) >= 11 is 0. The number of anilines is 1. The molecule has 1 aromatic carbocycles. The summed E-state index contributed by atoms with van der Waals surface area (Å²) in [7, 11) is 0. The molecule has 1 unspecified atom stereocenters. The summed E-state index contributed by atoms with van der Waals surface area (Å²) in [4.78, 5) is 0. The second-order valence-corrected chi connectivity index (χ2v) is 4.75. The van der Waals surface area contributed by atoms with E-state index in [0.29, 0.717) is 0 Å². The Balaban J connectivity index is 2.35. The van der Waals surface area contributed by atoms with E-state index in [1.54, 1.807) is 0 Å². The number of rotatable bonds is 4. The summed E-state index contributed by atoms with van der Waals surface area (Å²) in [6.45, 7) is 5.30. The molecule has 0 aromatic heterocycles. The van der Waals surface area contributed by atoms with E-state index in [4.69, 9.17) is 0 Å². The van der Waals surface area contributed by atoms with Crippen molar-refractivity contribution in [1.82, 2.24) is 0 Å². The van der Waals surface area contributed by atoms with E-state index in [0.717, 1.165) is 25.1 Å². The molecule has 2 rings (SSSR count). The number of hydrogen-bond donors (Lipinski definition) is 1. The van der Waals surface area contributed by atoms with Gasteiger partial charge in [-0.25, -0.2) is 4.39 Å². The number of nitrogens with one attached hydrogen (secondary N) is 1. The quantitative estimate of drug-likeness (QED) is 0.807. The van der Waals surface area contributed by atoms with Crippen molar-refractivity contribution in [2.75, 3.05) is 11.9 Å². The fourth-order valence-corrected chi connectivity index (χ4v) is 2.73. The Morgan fingerprint density at radius 2 is 2.19 bits per heavy atom. The van der Waals surface area contributed by atoms with Gasteiger partial charge in [0.2, 0.25) is 0 Å². The van der Waals surface area contributed by atoms with Gasteiger partial charge in [-0.15, -0.1) is 0 Å². The molecule has 2 heteroatoms. The van der Waals surface area contributed by atoms with Crippen LogP contribution < -0.4 is 5.32 Å². The summed E-state index contributed by atoms with van der Waals surface area (Å²) in [5.74, 6) is -0.107. The number of benzene rings is 1. The van der Waals surface area contributed by atoms with Gasteiger partial charge in [0.25, 0.3) is 0 Å². The van der Waals surface area contributed by atoms with Gasteiger partial charge in [0.15, 0.2) is 0 Å². The average molecular weight is 221 g/mol. The van der Waals surface area contributed by atoms with Crippen LogP contribution in [0.5, 0.6) is 0 Å². The van der Waals surface area contributed by atoms with Crippen molar-refractivity contribution in [3.8, 4) is 0 Å². The highest BCUT2D eigenvalue weighted by atomic mass is 19.1. The van der Waals surface area contributed by atoms with Crippen LogP contribution in [0.2, 0.25) is 0 Å². The first-order valence-corrected chi connectivity index (χ1v) is 6.26. The Bertz CT molecular complexity index is 375. The molecule has 1 aliphatic heterocycles. The Labute approximate surface area is 97.1 Å². The SMILES string of the molecule is CCCCC1(CC)CNc2c(F)cccc21. The smallest absolute Gasteiger partial charge is 0.146 e. The highest BCUT2D eigenvalue weighted by Gasteiger charge is 2.37. The highest BCUT2D eigenvalue weighted by Crippen LogP contribution is 2.43. The molecule has 0 fully saturated rings. The fourth-order valence-electron chi connectivity index (χ4n) is 2.73. The van der Waals surface area contributed by atoms with Gasteiger partial charge in [-0.2, -0.15) is 0 Å². The van der Waals surface area contributed by atoms with Gasteiger partial charge in [-0.05, 0) is 24.5 Å². The summed E-state index contributed by atoms with van der Waals surface area (Å²) < 4.78 is 13.6. The molecule has 0 saturated heterocycles. The molecular formula is C14H20FN. The van der Waals surface area contributed by atoms with Crippen LogP contribution in [0.15, 0.2) is 18.2 Å². The van der Waals surface area contributed by atoms with E-state index in [1.807, 2.05) is 6.07 Å². The molecule has 1 aliphatic rings. The third kappa shape index (κ3) is 1.70. The number of halogens is 1. The molecule has 0 saturated carbocycles. The molecule has 1 heterocycles. The zero-order valence-corrected chi connectivity index (χ0v) is 10.1. The molecule has 0 aliphatic carbocycles. The normalized spacial score (nSPS) is 22.9. The van der Waals surface area contributed by atoms with Crippen molar-refractivity contribution in [2.24, 2.45) is 0 Å². The second-order valence-electron chi connectivity index (χ2n) is 4.75. The molecule has 16 heavy (non-hydrogen) atoms. The minimum Gasteiger partial charge on any atom is -0.382 e. The largest absolute Gasteiger partial charge is 0.382 e. The van der Waals surface area contributed by atoms with Crippen LogP contribution in [0, 0.1) is 5.82 Å². The van der Waals surface area contributed by atoms with E-state index in [2.05, 4.69) is 25.2 Å². The Morgan fingerprint density at radius 3 is 2.88 bits per heavy atom. The summed E-state index contributed by atoms with van der Waals surface area (Å²) in [6.07, 6.45) is 4.65. The minimum absolute atomic E-state index is 0.107. The van der Waals surface area contributed by atoms with Gasteiger partial charge in [-0.3, -0.25) is 0 Å². The Hall–Kier alpha value is -1.05. The molecule has 0 amide bonds. The Morgan fingerprint density at radius 1 is 1.38 bits per heavy atom. The van der Waals surface area contributed by atoms with E-state index in [-0.39, 0.29) is 11.2 Å². The van der Waals surface area contributed by atoms with Crippen molar-refractivity contribution in [3.05, 3.63) is 29.6 Å². The van der Waals surface area contributed by atoms with Crippen molar-refractivity contribution < 1.29 is 4.39 Å². The first-order valence-electron chi connectivity index (χ1n) is 6.26. The number of para-hydroxylation sites is 1. The fraction of sp³-hybridized carbons (Fsp3) is 0.571. The zero-order valence-electron chi connectivity index (χ0n) is 10.1. The van der Waals surface area contributed by atoms with E-state index >= 15 is 0 Å². The van der Waals surface area contributed by atoms with Crippen LogP contribution in [0.4, 0.5) is 10.1 Å². The lowest BCUT2D eigenvalue weighted by atomic mass is 9.76. The lowest BCUT2D eigenvalue weighted by Crippen LogP contribution is -2.27. The van der Waals surface area contributed by atoms with Crippen LogP contribution in [0.25, 0.3) is 0 Å². The van der Waals surface area contributed by atoms with Crippen molar-refractivity contribution >= 4 is 5.69 Å². The van der Waals surface area contributed by atoms with Crippen molar-refractivity contribution in [3.63, 3.8) is 0 Å². The number of unbranched alkanes of at least 4 members (excludes halogenated alkanes) is 1. The predicted molar refractivity (Wildman–Crippen MR) is 66.4 cm³/mol. The van der Waals surface area contributed by atoms with Gasteiger partial charge >= 0.3 is 0 Å². The van der Waals surface area contributed by atoms with E-state index < -0.39 is 0 Å². The van der Waals surface area contributed by atoms with Crippen molar-refractivity contribution in [2.45, 2.75) is 44.9 Å². The summed E-state index contributed by atoms with van der Waals surface area (Å²) in [6, 6.07) is 5.45. The molecule has 0 spiro atoms. The lowest BCUT2D eigenvalue weighted by molar-refractivity contribution is 0.402. The first kappa shape index (κ1) is 11.4. The predicted octanol–water partition coefficient (Wildman–Crippen LogP) is 4.09. The Kier molecular flexibility index (Phi) is 3.17. The third-order valence-corrected chi connectivity index (χ3v) is 3.87. The van der Waals surface area contributed by atoms with Crippen LogP contribution in [-0.4, -0.2) is 6.54 Å². The number of fused-ring (bicyclic) bond motifs is 1. The first-order chi connectivity index (χ1) is 7.73. The van der Waals surface area contributed by atoms with Crippen LogP contribution >= 0.6 is 0 Å². The molecule has 1 nitrogen and oxygen atoms in total. The van der Waals surface area contributed by atoms with Crippen LogP contribution in [0.3, 0.4) is 0 Å². The molecule has 1 aromatic rings. The van der Waals surface area contributed by atoms with Gasteiger partial charge in [0.05, 0.1) is 5.69 Å². The van der Waals surface area contributed by atoms with E-state index in [9.17, 15) is 4.39 Å². The summed E-state index contributed by atoms with van der Waals surface area (Å²) in [5.41, 5.74) is 2.08. The minimum atomic E-state index is -0.107. The molecule has 1 N–H and O–H groups in total. The van der Waals surface area contributed by atoms with Gasteiger partial charge in [0, 0.05) is 12.0 Å². The maximum Gasteiger partial charge on any atom is 0.146 e. The molecule has 88 valence electrons. The molecule has 1 atom stereocenters. The van der Waals surface area contributed by atoms with Crippen molar-refractivity contribution in [1.29, 1.82) is 0 Å². The maximum absolute atomic E-state index is 13.6. The molecule has 0 radical (unpaired) electrons.